The SMILES string of the molecule is CCOC(=O)CNc1c(-c2ccccc2OC)nc2ccc(C)cn12. The molecule has 6 nitrogen and oxygen atoms in total. The van der Waals surface area contributed by atoms with E-state index in [0.717, 1.165) is 34.0 Å². The summed E-state index contributed by atoms with van der Waals surface area (Å²) in [5.41, 5.74) is 3.47. The van der Waals surface area contributed by atoms with Crippen LogP contribution in [0.3, 0.4) is 0 Å². The maximum Gasteiger partial charge on any atom is 0.325 e. The van der Waals surface area contributed by atoms with Crippen LogP contribution in [0.15, 0.2) is 42.6 Å². The number of carbonyl (C=O) groups excluding carboxylic acids is 1. The molecule has 0 amide bonds. The molecule has 0 aliphatic carbocycles. The van der Waals surface area contributed by atoms with Gasteiger partial charge in [-0.3, -0.25) is 9.20 Å². The van der Waals surface area contributed by atoms with Crippen molar-refractivity contribution in [1.82, 2.24) is 9.38 Å². The number of esters is 1. The summed E-state index contributed by atoms with van der Waals surface area (Å²) in [5.74, 6) is 1.15. The number of ether oxygens (including phenoxy) is 2. The van der Waals surface area contributed by atoms with Crippen molar-refractivity contribution in [2.45, 2.75) is 13.8 Å². The first-order chi connectivity index (χ1) is 12.1. The van der Waals surface area contributed by atoms with E-state index < -0.39 is 0 Å². The number of methoxy groups -OCH3 is 1. The Balaban J connectivity index is 2.10. The van der Waals surface area contributed by atoms with Gasteiger partial charge in [0.2, 0.25) is 0 Å². The van der Waals surface area contributed by atoms with Crippen LogP contribution in [0, 0.1) is 6.92 Å². The maximum absolute atomic E-state index is 11.8. The van der Waals surface area contributed by atoms with Crippen LogP contribution in [0.2, 0.25) is 0 Å². The monoisotopic (exact) mass is 339 g/mol. The lowest BCUT2D eigenvalue weighted by Gasteiger charge is -2.11. The van der Waals surface area contributed by atoms with Crippen LogP contribution in [-0.4, -0.2) is 35.6 Å². The number of para-hydroxylation sites is 1. The Bertz CT molecular complexity index is 902. The third kappa shape index (κ3) is 3.42. The average molecular weight is 339 g/mol. The van der Waals surface area contributed by atoms with Crippen LogP contribution in [0.1, 0.15) is 12.5 Å². The minimum absolute atomic E-state index is 0.0672. The van der Waals surface area contributed by atoms with Crippen molar-refractivity contribution in [1.29, 1.82) is 0 Å². The number of pyridine rings is 1. The first-order valence-electron chi connectivity index (χ1n) is 8.15. The van der Waals surface area contributed by atoms with Crippen molar-refractivity contribution in [3.05, 3.63) is 48.2 Å². The van der Waals surface area contributed by atoms with Crippen molar-refractivity contribution in [2.75, 3.05) is 25.6 Å². The summed E-state index contributed by atoms with van der Waals surface area (Å²) in [6, 6.07) is 11.6. The van der Waals surface area contributed by atoms with Crippen molar-refractivity contribution in [2.24, 2.45) is 0 Å². The van der Waals surface area contributed by atoms with Gasteiger partial charge in [0.05, 0.1) is 13.7 Å². The molecule has 0 unspecified atom stereocenters. The zero-order valence-corrected chi connectivity index (χ0v) is 14.6. The number of benzene rings is 1. The molecule has 3 aromatic rings. The van der Waals surface area contributed by atoms with Gasteiger partial charge in [0.15, 0.2) is 0 Å². The van der Waals surface area contributed by atoms with Crippen LogP contribution in [0.4, 0.5) is 5.82 Å². The fraction of sp³-hybridized carbons (Fsp3) is 0.263. The molecule has 3 rings (SSSR count). The summed E-state index contributed by atoms with van der Waals surface area (Å²) in [6.45, 7) is 4.22. The van der Waals surface area contributed by atoms with Gasteiger partial charge in [0, 0.05) is 11.8 Å². The number of nitrogens with one attached hydrogen (secondary N) is 1. The summed E-state index contributed by atoms with van der Waals surface area (Å²) in [6.07, 6.45) is 1.98. The van der Waals surface area contributed by atoms with Gasteiger partial charge in [-0.1, -0.05) is 18.2 Å². The summed E-state index contributed by atoms with van der Waals surface area (Å²) in [7, 11) is 1.63. The molecule has 0 aliphatic rings. The van der Waals surface area contributed by atoms with Crippen LogP contribution >= 0.6 is 0 Å². The highest BCUT2D eigenvalue weighted by atomic mass is 16.5. The Morgan fingerprint density at radius 3 is 2.80 bits per heavy atom. The summed E-state index contributed by atoms with van der Waals surface area (Å²) >= 11 is 0. The third-order valence-corrected chi connectivity index (χ3v) is 3.83. The second kappa shape index (κ2) is 7.25. The number of fused-ring (bicyclic) bond motifs is 1. The second-order valence-electron chi connectivity index (χ2n) is 5.60. The van der Waals surface area contributed by atoms with Gasteiger partial charge in [0.25, 0.3) is 0 Å². The van der Waals surface area contributed by atoms with Crippen molar-refractivity contribution < 1.29 is 14.3 Å². The van der Waals surface area contributed by atoms with Crippen LogP contribution in [0.25, 0.3) is 16.9 Å². The van der Waals surface area contributed by atoms with Crippen molar-refractivity contribution >= 4 is 17.4 Å². The van der Waals surface area contributed by atoms with Crippen LogP contribution < -0.4 is 10.1 Å². The molecule has 0 fully saturated rings. The molecule has 0 bridgehead atoms. The number of imidazole rings is 1. The standard InChI is InChI=1S/C19H21N3O3/c1-4-25-17(23)11-20-19-18(14-7-5-6-8-15(14)24-3)21-16-10-9-13(2)12-22(16)19/h5-10,12,20H,4,11H2,1-3H3. The van der Waals surface area contributed by atoms with E-state index in [1.165, 1.54) is 0 Å². The predicted octanol–water partition coefficient (Wildman–Crippen LogP) is 3.29. The predicted molar refractivity (Wildman–Crippen MR) is 97.0 cm³/mol. The van der Waals surface area contributed by atoms with E-state index in [9.17, 15) is 4.79 Å². The van der Waals surface area contributed by atoms with E-state index in [0.29, 0.717) is 6.61 Å². The lowest BCUT2D eigenvalue weighted by atomic mass is 10.1. The molecule has 1 aromatic carbocycles. The van der Waals surface area contributed by atoms with E-state index >= 15 is 0 Å². The lowest BCUT2D eigenvalue weighted by Crippen LogP contribution is -2.18. The van der Waals surface area contributed by atoms with Gasteiger partial charge in [0.1, 0.15) is 29.5 Å². The molecule has 0 saturated carbocycles. The fourth-order valence-corrected chi connectivity index (χ4v) is 2.72. The molecule has 2 aromatic heterocycles. The van der Waals surface area contributed by atoms with Gasteiger partial charge >= 0.3 is 5.97 Å². The summed E-state index contributed by atoms with van der Waals surface area (Å²) in [4.78, 5) is 16.5. The van der Waals surface area contributed by atoms with Crippen LogP contribution in [0.5, 0.6) is 5.75 Å². The molecule has 0 saturated heterocycles. The lowest BCUT2D eigenvalue weighted by molar-refractivity contribution is -0.140. The molecular weight excluding hydrogens is 318 g/mol. The minimum Gasteiger partial charge on any atom is -0.496 e. The smallest absolute Gasteiger partial charge is 0.325 e. The zero-order chi connectivity index (χ0) is 17.8. The Labute approximate surface area is 146 Å². The average Bonchev–Trinajstić information content (AvgIpc) is 2.97. The molecule has 1 N–H and O–H groups in total. The van der Waals surface area contributed by atoms with Gasteiger partial charge < -0.3 is 14.8 Å². The fourth-order valence-electron chi connectivity index (χ4n) is 2.72. The van der Waals surface area contributed by atoms with E-state index in [1.807, 2.05) is 53.9 Å². The molecular formula is C19H21N3O3. The highest BCUT2D eigenvalue weighted by molar-refractivity contribution is 5.83. The number of aryl methyl sites for hydroxylation is 1. The molecule has 2 heterocycles. The quantitative estimate of drug-likeness (QED) is 0.698. The highest BCUT2D eigenvalue weighted by Crippen LogP contribution is 2.35. The molecule has 0 spiro atoms. The van der Waals surface area contributed by atoms with E-state index in [2.05, 4.69) is 5.32 Å². The third-order valence-electron chi connectivity index (χ3n) is 3.83. The molecule has 130 valence electrons. The largest absolute Gasteiger partial charge is 0.496 e. The van der Waals surface area contributed by atoms with E-state index in [4.69, 9.17) is 14.5 Å². The zero-order valence-electron chi connectivity index (χ0n) is 14.6. The molecule has 0 atom stereocenters. The molecule has 0 aliphatic heterocycles. The Kier molecular flexibility index (Phi) is 4.88. The Morgan fingerprint density at radius 1 is 1.24 bits per heavy atom. The number of anilines is 1. The van der Waals surface area contributed by atoms with Crippen LogP contribution in [-0.2, 0) is 9.53 Å². The van der Waals surface area contributed by atoms with Crippen molar-refractivity contribution in [3.8, 4) is 17.0 Å². The summed E-state index contributed by atoms with van der Waals surface area (Å²) in [5, 5.41) is 3.17. The molecule has 25 heavy (non-hydrogen) atoms. The van der Waals surface area contributed by atoms with Gasteiger partial charge in [-0.05, 0) is 37.6 Å². The highest BCUT2D eigenvalue weighted by Gasteiger charge is 2.18. The number of hydrogen-bond donors (Lipinski definition) is 1. The molecule has 6 heteroatoms. The minimum atomic E-state index is -0.309. The number of nitrogens with zero attached hydrogens (tertiary/aromatic N) is 2. The van der Waals surface area contributed by atoms with E-state index in [-0.39, 0.29) is 12.5 Å². The van der Waals surface area contributed by atoms with Gasteiger partial charge in [-0.2, -0.15) is 0 Å². The topological polar surface area (TPSA) is 64.9 Å². The number of hydrogen-bond acceptors (Lipinski definition) is 5. The maximum atomic E-state index is 11.8. The number of carbonyl (C=O) groups is 1. The number of rotatable bonds is 6. The Hall–Kier alpha value is -3.02. The molecule has 0 radical (unpaired) electrons. The van der Waals surface area contributed by atoms with Gasteiger partial charge in [-0.25, -0.2) is 4.98 Å². The first kappa shape index (κ1) is 16.8. The second-order valence-corrected chi connectivity index (χ2v) is 5.60. The normalized spacial score (nSPS) is 10.7. The van der Waals surface area contributed by atoms with Gasteiger partial charge in [-0.15, -0.1) is 0 Å². The Morgan fingerprint density at radius 2 is 2.04 bits per heavy atom. The number of aromatic nitrogens is 2. The first-order valence-corrected chi connectivity index (χ1v) is 8.15. The van der Waals surface area contributed by atoms with E-state index in [1.54, 1.807) is 14.0 Å². The summed E-state index contributed by atoms with van der Waals surface area (Å²) < 4.78 is 12.4. The van der Waals surface area contributed by atoms with Crippen molar-refractivity contribution in [3.63, 3.8) is 0 Å².